The molecule has 3 heterocycles. The quantitative estimate of drug-likeness (QED) is 0.131. The molecule has 9 nitrogen and oxygen atoms in total. The van der Waals surface area contributed by atoms with Crippen LogP contribution in [0.15, 0.2) is 0 Å². The molecule has 73 heavy (non-hydrogen) atoms. The number of rotatable bonds is 16. The number of piperidine rings is 3. The van der Waals surface area contributed by atoms with Gasteiger partial charge in [-0.15, -0.1) is 0 Å². The van der Waals surface area contributed by atoms with E-state index in [1.165, 1.54) is 191 Å². The molecule has 0 aromatic heterocycles. The molecule has 0 atom stereocenters. The minimum absolute atomic E-state index is 0.0171. The van der Waals surface area contributed by atoms with Gasteiger partial charge in [-0.3, -0.25) is 0 Å². The van der Waals surface area contributed by atoms with Crippen LogP contribution in [0.4, 0.5) is 0 Å². The summed E-state index contributed by atoms with van der Waals surface area (Å²) in [6.45, 7) is 26.6. The van der Waals surface area contributed by atoms with Gasteiger partial charge in [0, 0.05) is 53.1 Å². The van der Waals surface area contributed by atoms with Crippen LogP contribution in [0.25, 0.3) is 0 Å². The van der Waals surface area contributed by atoms with Crippen LogP contribution in [0.5, 0.6) is 0 Å². The summed E-state index contributed by atoms with van der Waals surface area (Å²) in [4.78, 5) is 0. The lowest BCUT2D eigenvalue weighted by Crippen LogP contribution is -2.66. The van der Waals surface area contributed by atoms with Gasteiger partial charge >= 0.3 is 0 Å². The molecule has 428 valence electrons. The van der Waals surface area contributed by atoms with Crippen molar-refractivity contribution in [2.24, 2.45) is 35.5 Å². The molecule has 2 spiro atoms. The molecular weight excluding hydrogens is 907 g/mol. The molecule has 3 aliphatic heterocycles. The highest BCUT2D eigenvalue weighted by Gasteiger charge is 2.55. The number of ether oxygens (including phenoxy) is 3. The second-order valence-electron chi connectivity index (χ2n) is 29.1. The maximum Gasteiger partial charge on any atom is 0.0612 e. The highest BCUT2D eigenvalue weighted by Crippen LogP contribution is 2.51. The Bertz CT molecular complexity index is 1470. The van der Waals surface area contributed by atoms with Gasteiger partial charge in [-0.2, -0.15) is 15.2 Å². The molecule has 8 fully saturated rings. The molecule has 8 aliphatic rings. The largest absolute Gasteiger partial charge is 0.378 e. The molecule has 5 aliphatic carbocycles. The summed E-state index contributed by atoms with van der Waals surface area (Å²) in [6.07, 6.45) is 45.5. The van der Waals surface area contributed by atoms with Crippen molar-refractivity contribution in [1.82, 2.24) is 15.2 Å². The molecule has 5 saturated carbocycles. The Morgan fingerprint density at radius 1 is 0.370 bits per heavy atom. The third kappa shape index (κ3) is 17.3. The minimum atomic E-state index is -0.208. The van der Waals surface area contributed by atoms with Gasteiger partial charge < -0.3 is 29.8 Å². The zero-order valence-corrected chi connectivity index (χ0v) is 50.0. The van der Waals surface area contributed by atoms with E-state index in [2.05, 4.69) is 76.2 Å². The van der Waals surface area contributed by atoms with E-state index < -0.39 is 0 Å². The summed E-state index contributed by atoms with van der Waals surface area (Å²) >= 11 is 0. The third-order valence-corrected chi connectivity index (χ3v) is 20.9. The zero-order chi connectivity index (χ0) is 52.9. The molecule has 0 radical (unpaired) electrons. The van der Waals surface area contributed by atoms with E-state index in [0.717, 1.165) is 93.9 Å². The molecule has 0 unspecified atom stereocenters. The lowest BCUT2D eigenvalue weighted by atomic mass is 9.66. The van der Waals surface area contributed by atoms with Gasteiger partial charge in [0.1, 0.15) is 0 Å². The Labute approximate surface area is 451 Å². The van der Waals surface area contributed by atoms with Gasteiger partial charge in [-0.1, -0.05) is 124 Å². The molecule has 3 saturated heterocycles. The Hall–Kier alpha value is -0.360. The van der Waals surface area contributed by atoms with Crippen molar-refractivity contribution in [3.63, 3.8) is 0 Å². The first-order chi connectivity index (χ1) is 34.7. The molecule has 3 N–H and O–H groups in total. The van der Waals surface area contributed by atoms with Crippen LogP contribution in [-0.4, -0.2) is 102 Å². The lowest BCUT2D eigenvalue weighted by Gasteiger charge is -2.59. The Morgan fingerprint density at radius 2 is 0.699 bits per heavy atom. The lowest BCUT2D eigenvalue weighted by molar-refractivity contribution is -0.294. The fourth-order valence-electron chi connectivity index (χ4n) is 17.0. The van der Waals surface area contributed by atoms with Crippen molar-refractivity contribution in [2.75, 3.05) is 19.8 Å². The first-order valence-corrected chi connectivity index (χ1v) is 32.0. The highest BCUT2D eigenvalue weighted by atomic mass is 16.5. The molecule has 0 aromatic carbocycles. The van der Waals surface area contributed by atoms with E-state index in [9.17, 15) is 15.6 Å². The third-order valence-electron chi connectivity index (χ3n) is 20.9. The van der Waals surface area contributed by atoms with Crippen LogP contribution in [0.1, 0.15) is 301 Å². The molecule has 0 aromatic rings. The molecular formula is C64H121N3O6. The fourth-order valence-corrected chi connectivity index (χ4v) is 17.0. The van der Waals surface area contributed by atoms with Crippen molar-refractivity contribution in [2.45, 2.75) is 352 Å². The van der Waals surface area contributed by atoms with Crippen molar-refractivity contribution in [1.29, 1.82) is 0 Å². The number of hydrogen-bond acceptors (Lipinski definition) is 9. The second-order valence-corrected chi connectivity index (χ2v) is 29.1. The van der Waals surface area contributed by atoms with Crippen molar-refractivity contribution in [3.8, 4) is 0 Å². The maximum absolute atomic E-state index is 11.3. The summed E-state index contributed by atoms with van der Waals surface area (Å²) < 4.78 is 19.1. The van der Waals surface area contributed by atoms with Crippen molar-refractivity contribution in [3.05, 3.63) is 0 Å². The van der Waals surface area contributed by atoms with E-state index in [1.807, 2.05) is 5.06 Å². The van der Waals surface area contributed by atoms with Gasteiger partial charge in [0.25, 0.3) is 0 Å². The highest BCUT2D eigenvalue weighted by molar-refractivity contribution is 5.07. The standard InChI is InChI=1S/C25H47NO2.C20H37NO2.C19H37NO2/c1-6-7-19-8-12-21(13-9-19)22-14-10-20(11-15-22)18-28-23-16-24(2,3)26(27)25(4,5)17-23;1-2-3-10-15-23-18-16-19(11-6-4-7-12-19)21(22)20(17-18)13-8-5-9-14-20;1-6-7-15-8-10-16(11-9-15)14-22-17-12-18(2,3)20(21)19(4,5)13-17/h19-23,27H,6-18H2,1-5H3;18,22H,2-17H2,1H3;15-17,21H,6-14H2,1-5H3. The molecule has 0 bridgehead atoms. The summed E-state index contributed by atoms with van der Waals surface area (Å²) in [7, 11) is 0. The monoisotopic (exact) mass is 1030 g/mol. The summed E-state index contributed by atoms with van der Waals surface area (Å²) in [5.74, 6) is 5.53. The maximum atomic E-state index is 11.3. The van der Waals surface area contributed by atoms with Crippen molar-refractivity contribution >= 4 is 0 Å². The molecule has 9 heteroatoms. The average molecular weight is 1030 g/mol. The van der Waals surface area contributed by atoms with Crippen LogP contribution in [-0.2, 0) is 14.2 Å². The normalized spacial score (nSPS) is 33.1. The minimum Gasteiger partial charge on any atom is -0.378 e. The number of hydrogen-bond donors (Lipinski definition) is 3. The number of nitrogens with zero attached hydrogens (tertiary/aromatic N) is 3. The molecule has 8 rings (SSSR count). The number of hydroxylamine groups is 6. The SMILES string of the molecule is CCCC1CCC(C2CCC(COC3CC(C)(C)N(O)C(C)(C)C3)CC2)CC1.CCCC1CCC(COC2CC(C)(C)N(O)C(C)(C)C2)CC1.CCCCCOC1CC2(CCCCC2)N(O)C2(CCCCC2)C1. The van der Waals surface area contributed by atoms with E-state index in [0.29, 0.717) is 6.10 Å². The average Bonchev–Trinajstić information content (AvgIpc) is 3.36. The Morgan fingerprint density at radius 3 is 1.05 bits per heavy atom. The topological polar surface area (TPSA) is 98.1 Å². The molecule has 0 amide bonds. The van der Waals surface area contributed by atoms with Gasteiger partial charge in [-0.05, 0) is 213 Å². The van der Waals surface area contributed by atoms with Gasteiger partial charge in [-0.25, -0.2) is 0 Å². The first kappa shape index (κ1) is 61.8. The summed E-state index contributed by atoms with van der Waals surface area (Å²) in [6, 6.07) is 0. The first-order valence-electron chi connectivity index (χ1n) is 32.0. The van der Waals surface area contributed by atoms with Gasteiger partial charge in [0.2, 0.25) is 0 Å². The Kier molecular flexibility index (Phi) is 23.9. The van der Waals surface area contributed by atoms with Crippen LogP contribution in [0.2, 0.25) is 0 Å². The summed E-state index contributed by atoms with van der Waals surface area (Å²) in [5.41, 5.74) is -0.787. The fraction of sp³-hybridized carbons (Fsp3) is 1.00. The van der Waals surface area contributed by atoms with Crippen LogP contribution in [0, 0.1) is 35.5 Å². The van der Waals surface area contributed by atoms with Gasteiger partial charge in [0.05, 0.1) is 18.3 Å². The number of unbranched alkanes of at least 4 members (excludes halogenated alkanes) is 2. The van der Waals surface area contributed by atoms with Crippen LogP contribution < -0.4 is 0 Å². The van der Waals surface area contributed by atoms with E-state index in [4.69, 9.17) is 14.2 Å². The zero-order valence-electron chi connectivity index (χ0n) is 50.0. The summed E-state index contributed by atoms with van der Waals surface area (Å²) in [5, 5.41) is 37.1. The predicted octanol–water partition coefficient (Wildman–Crippen LogP) is 17.3. The predicted molar refractivity (Wildman–Crippen MR) is 301 cm³/mol. The smallest absolute Gasteiger partial charge is 0.0612 e. The van der Waals surface area contributed by atoms with Crippen molar-refractivity contribution < 1.29 is 29.8 Å². The second kappa shape index (κ2) is 28.2. The Balaban J connectivity index is 0.000000180. The van der Waals surface area contributed by atoms with Gasteiger partial charge in [0.15, 0.2) is 0 Å². The van der Waals surface area contributed by atoms with E-state index >= 15 is 0 Å². The van der Waals surface area contributed by atoms with Crippen LogP contribution >= 0.6 is 0 Å². The van der Waals surface area contributed by atoms with Crippen LogP contribution in [0.3, 0.4) is 0 Å². The van der Waals surface area contributed by atoms with E-state index in [-0.39, 0.29) is 45.4 Å². The van der Waals surface area contributed by atoms with E-state index in [1.54, 1.807) is 5.06 Å².